The van der Waals surface area contributed by atoms with Crippen LogP contribution in [0.1, 0.15) is 44.7 Å². The first kappa shape index (κ1) is 23.7. The molecular weight excluding hydrogens is 467 g/mol. The number of carbonyl (C=O) groups excluding carboxylic acids is 2. The van der Waals surface area contributed by atoms with E-state index < -0.39 is 17.8 Å². The molecule has 0 aliphatic carbocycles. The number of rotatable bonds is 4. The number of likely N-dealkylation sites (tertiary alicyclic amines) is 1. The van der Waals surface area contributed by atoms with Gasteiger partial charge in [0.25, 0.3) is 5.91 Å². The lowest BCUT2D eigenvalue weighted by molar-refractivity contribution is -0.137. The Hall–Kier alpha value is -3.47. The van der Waals surface area contributed by atoms with Crippen molar-refractivity contribution in [1.29, 1.82) is 0 Å². The molecule has 1 fully saturated rings. The molecule has 2 aromatic carbocycles. The first-order valence-corrected chi connectivity index (χ1v) is 11.5. The second kappa shape index (κ2) is 9.80. The minimum atomic E-state index is -4.49. The Bertz CT molecular complexity index is 1180. The molecule has 7 nitrogen and oxygen atoms in total. The predicted octanol–water partition coefficient (Wildman–Crippen LogP) is 5.53. The first-order chi connectivity index (χ1) is 16.2. The van der Waals surface area contributed by atoms with E-state index in [1.807, 2.05) is 19.1 Å². The summed E-state index contributed by atoms with van der Waals surface area (Å²) in [6, 6.07) is 11.4. The molecule has 3 amide bonds. The van der Waals surface area contributed by atoms with Crippen molar-refractivity contribution in [3.05, 3.63) is 69.7 Å². The second-order valence-electron chi connectivity index (χ2n) is 8.06. The van der Waals surface area contributed by atoms with Crippen LogP contribution in [-0.2, 0) is 6.18 Å². The number of urea groups is 1. The fourth-order valence-electron chi connectivity index (χ4n) is 3.65. The van der Waals surface area contributed by atoms with E-state index in [4.69, 9.17) is 0 Å². The van der Waals surface area contributed by atoms with Crippen molar-refractivity contribution in [2.45, 2.75) is 31.9 Å². The Labute approximate surface area is 198 Å². The Balaban J connectivity index is 1.38. The summed E-state index contributed by atoms with van der Waals surface area (Å²) < 4.78 is 38.8. The van der Waals surface area contributed by atoms with Crippen molar-refractivity contribution in [3.8, 4) is 0 Å². The highest BCUT2D eigenvalue weighted by atomic mass is 32.1. The van der Waals surface area contributed by atoms with Crippen molar-refractivity contribution in [1.82, 2.24) is 15.1 Å². The summed E-state index contributed by atoms with van der Waals surface area (Å²) in [7, 11) is 0. The number of nitrogens with zero attached hydrogens (tertiary/aromatic N) is 3. The Morgan fingerprint density at radius 2 is 1.82 bits per heavy atom. The van der Waals surface area contributed by atoms with Gasteiger partial charge in [-0.15, -0.1) is 10.2 Å². The molecule has 2 N–H and O–H groups in total. The van der Waals surface area contributed by atoms with Gasteiger partial charge in [-0.1, -0.05) is 35.1 Å². The lowest BCUT2D eigenvalue weighted by Gasteiger charge is -2.31. The highest BCUT2D eigenvalue weighted by molar-refractivity contribution is 7.13. The number of aryl methyl sites for hydroxylation is 1. The van der Waals surface area contributed by atoms with Crippen LogP contribution in [0.2, 0.25) is 0 Å². The van der Waals surface area contributed by atoms with Crippen LogP contribution in [-0.4, -0.2) is 40.1 Å². The number of anilines is 2. The topological polar surface area (TPSA) is 87.2 Å². The third-order valence-electron chi connectivity index (χ3n) is 5.44. The quantitative estimate of drug-likeness (QED) is 0.505. The Morgan fingerprint density at radius 1 is 1.06 bits per heavy atom. The summed E-state index contributed by atoms with van der Waals surface area (Å²) in [5, 5.41) is 14.4. The van der Waals surface area contributed by atoms with Crippen LogP contribution < -0.4 is 10.6 Å². The lowest BCUT2D eigenvalue weighted by atomic mass is 9.99. The third kappa shape index (κ3) is 5.71. The molecule has 0 radical (unpaired) electrons. The van der Waals surface area contributed by atoms with Crippen molar-refractivity contribution in [2.75, 3.05) is 23.7 Å². The number of amides is 3. The summed E-state index contributed by atoms with van der Waals surface area (Å²) in [5.74, 6) is -0.470. The molecule has 0 unspecified atom stereocenters. The molecule has 11 heteroatoms. The predicted molar refractivity (Wildman–Crippen MR) is 123 cm³/mol. The van der Waals surface area contributed by atoms with E-state index >= 15 is 0 Å². The van der Waals surface area contributed by atoms with Gasteiger partial charge < -0.3 is 15.5 Å². The van der Waals surface area contributed by atoms with Gasteiger partial charge in [-0.3, -0.25) is 4.79 Å². The van der Waals surface area contributed by atoms with Crippen LogP contribution in [0, 0.1) is 6.92 Å². The molecule has 3 aromatic rings. The summed E-state index contributed by atoms with van der Waals surface area (Å²) in [5.41, 5.74) is 0.984. The zero-order chi connectivity index (χ0) is 24.3. The van der Waals surface area contributed by atoms with Gasteiger partial charge in [-0.05, 0) is 50.1 Å². The highest BCUT2D eigenvalue weighted by Gasteiger charge is 2.31. The lowest BCUT2D eigenvalue weighted by Crippen LogP contribution is -2.41. The molecule has 1 atom stereocenters. The number of piperidine rings is 1. The summed E-state index contributed by atoms with van der Waals surface area (Å²) >= 11 is 1.17. The number of halogens is 3. The van der Waals surface area contributed by atoms with Crippen molar-refractivity contribution in [3.63, 3.8) is 0 Å². The summed E-state index contributed by atoms with van der Waals surface area (Å²) in [6.07, 6.45) is -3.02. The molecule has 1 aromatic heterocycles. The van der Waals surface area contributed by atoms with Crippen molar-refractivity contribution < 1.29 is 22.8 Å². The van der Waals surface area contributed by atoms with Crippen molar-refractivity contribution in [2.24, 2.45) is 0 Å². The van der Waals surface area contributed by atoms with E-state index in [1.54, 1.807) is 17.0 Å². The van der Waals surface area contributed by atoms with Gasteiger partial charge in [-0.25, -0.2) is 4.79 Å². The van der Waals surface area contributed by atoms with E-state index in [0.29, 0.717) is 30.2 Å². The monoisotopic (exact) mass is 489 g/mol. The number of hydrogen-bond acceptors (Lipinski definition) is 5. The van der Waals surface area contributed by atoms with Gasteiger partial charge in [0.2, 0.25) is 5.01 Å². The molecule has 0 saturated carbocycles. The summed E-state index contributed by atoms with van der Waals surface area (Å²) in [6.45, 7) is 2.76. The zero-order valence-electron chi connectivity index (χ0n) is 18.2. The van der Waals surface area contributed by atoms with Gasteiger partial charge in [0, 0.05) is 30.4 Å². The van der Waals surface area contributed by atoms with E-state index in [1.165, 1.54) is 23.5 Å². The van der Waals surface area contributed by atoms with Gasteiger partial charge in [0.1, 0.15) is 5.01 Å². The molecule has 1 saturated heterocycles. The minimum Gasteiger partial charge on any atom is -0.324 e. The van der Waals surface area contributed by atoms with Gasteiger partial charge >= 0.3 is 12.2 Å². The van der Waals surface area contributed by atoms with Crippen LogP contribution in [0.15, 0.2) is 48.5 Å². The van der Waals surface area contributed by atoms with E-state index in [-0.39, 0.29) is 22.5 Å². The average molecular weight is 490 g/mol. The maximum Gasteiger partial charge on any atom is 0.416 e. The minimum absolute atomic E-state index is 0.0768. The first-order valence-electron chi connectivity index (χ1n) is 10.6. The molecular formula is C23H22F3N5O2S. The summed E-state index contributed by atoms with van der Waals surface area (Å²) in [4.78, 5) is 26.7. The Kier molecular flexibility index (Phi) is 6.82. The average Bonchev–Trinajstić information content (AvgIpc) is 3.31. The van der Waals surface area contributed by atoms with Gasteiger partial charge in [0.05, 0.1) is 5.56 Å². The van der Waals surface area contributed by atoms with Gasteiger partial charge in [0.15, 0.2) is 0 Å². The Morgan fingerprint density at radius 3 is 2.56 bits per heavy atom. The molecule has 2 heterocycles. The zero-order valence-corrected chi connectivity index (χ0v) is 19.0. The highest BCUT2D eigenvalue weighted by Crippen LogP contribution is 2.32. The van der Waals surface area contributed by atoms with E-state index in [9.17, 15) is 22.8 Å². The number of hydrogen-bond donors (Lipinski definition) is 2. The smallest absolute Gasteiger partial charge is 0.324 e. The van der Waals surface area contributed by atoms with E-state index in [0.717, 1.165) is 24.1 Å². The fourth-order valence-corrected chi connectivity index (χ4v) is 4.52. The normalized spacial score (nSPS) is 16.2. The number of nitrogens with one attached hydrogen (secondary N) is 2. The van der Waals surface area contributed by atoms with Crippen LogP contribution in [0.4, 0.5) is 29.3 Å². The number of carbonyl (C=O) groups is 2. The number of benzene rings is 2. The van der Waals surface area contributed by atoms with Crippen LogP contribution in [0.25, 0.3) is 0 Å². The number of alkyl halides is 3. The van der Waals surface area contributed by atoms with E-state index in [2.05, 4.69) is 20.8 Å². The van der Waals surface area contributed by atoms with Crippen LogP contribution >= 0.6 is 11.3 Å². The maximum absolute atomic E-state index is 12.9. The van der Waals surface area contributed by atoms with Gasteiger partial charge in [-0.2, -0.15) is 13.2 Å². The molecule has 178 valence electrons. The standard InChI is InChI=1S/C23H22F3N5O2S/c1-14-7-9-17(10-8-14)27-19(32)21-30-29-20(34-21)15-4-3-11-31(13-15)22(33)28-18-6-2-5-16(12-18)23(24,25)26/h2,5-10,12,15H,3-4,11,13H2,1H3,(H,27,32)(H,28,33)/t15-/m1/s1. The molecule has 1 aliphatic heterocycles. The number of aromatic nitrogens is 2. The molecule has 1 aliphatic rings. The van der Waals surface area contributed by atoms with Crippen LogP contribution in [0.3, 0.4) is 0 Å². The molecule has 34 heavy (non-hydrogen) atoms. The third-order valence-corrected chi connectivity index (χ3v) is 6.53. The molecule has 4 rings (SSSR count). The second-order valence-corrected chi connectivity index (χ2v) is 9.07. The van der Waals surface area contributed by atoms with Crippen molar-refractivity contribution >= 4 is 34.6 Å². The largest absolute Gasteiger partial charge is 0.416 e. The maximum atomic E-state index is 12.9. The van der Waals surface area contributed by atoms with Crippen LogP contribution in [0.5, 0.6) is 0 Å². The fraction of sp³-hybridized carbons (Fsp3) is 0.304. The SMILES string of the molecule is Cc1ccc(NC(=O)c2nnc([C@@H]3CCCN(C(=O)Nc4cccc(C(F)(F)F)c4)C3)s2)cc1. The molecule has 0 bridgehead atoms. The molecule has 0 spiro atoms.